The lowest BCUT2D eigenvalue weighted by Crippen LogP contribution is -2.04. The van der Waals surface area contributed by atoms with E-state index in [4.69, 9.17) is 21.5 Å². The lowest BCUT2D eigenvalue weighted by atomic mass is 9.95. The average Bonchev–Trinajstić information content (AvgIpc) is 1.57. The van der Waals surface area contributed by atoms with Gasteiger partial charge in [-0.15, -0.1) is 0 Å². The van der Waals surface area contributed by atoms with Crippen LogP contribution in [0.5, 0.6) is 0 Å². The van der Waals surface area contributed by atoms with Crippen LogP contribution in [0.4, 0.5) is 5.69 Å². The molecule has 0 amide bonds. The Morgan fingerprint density at radius 1 is 0.265 bits per heavy atom. The molecule has 0 bridgehead atoms. The van der Waals surface area contributed by atoms with E-state index < -0.39 is 0 Å². The van der Waals surface area contributed by atoms with Crippen molar-refractivity contribution in [3.8, 4) is 136 Å². The first-order valence-corrected chi connectivity index (χ1v) is 32.4. The van der Waals surface area contributed by atoms with Crippen LogP contribution < -0.4 is 0 Å². The van der Waals surface area contributed by atoms with Crippen LogP contribution in [0.3, 0.4) is 0 Å². The summed E-state index contributed by atoms with van der Waals surface area (Å²) in [5, 5.41) is 25.3. The van der Waals surface area contributed by atoms with Gasteiger partial charge in [0.1, 0.15) is 0 Å². The second-order valence-electron chi connectivity index (χ2n) is 24.4. The summed E-state index contributed by atoms with van der Waals surface area (Å²) in [5.74, 6) is 1.24. The van der Waals surface area contributed by atoms with Crippen molar-refractivity contribution >= 4 is 49.3 Å². The molecule has 0 aliphatic heterocycles. The molecule has 17 rings (SSSR count). The molecule has 3 aromatic heterocycles. The number of nitrogens with zero attached hydrogens (tertiary/aromatic N) is 8. The molecule has 14 aromatic carbocycles. The highest BCUT2D eigenvalue weighted by molar-refractivity contribution is 6.14. The zero-order chi connectivity index (χ0) is 65.6. The molecule has 0 aliphatic carbocycles. The van der Waals surface area contributed by atoms with Crippen molar-refractivity contribution in [2.75, 3.05) is 0 Å². The minimum Gasteiger partial charge on any atom is -0.309 e. The van der Waals surface area contributed by atoms with E-state index in [9.17, 15) is 10.5 Å². The quantitative estimate of drug-likeness (QED) is 0.113. The monoisotopic (exact) mass is 1250 g/mol. The maximum Gasteiger partial charge on any atom is 0.187 e. The predicted molar refractivity (Wildman–Crippen MR) is 399 cm³/mol. The van der Waals surface area contributed by atoms with Crippen molar-refractivity contribution in [3.05, 3.63) is 350 Å². The third-order valence-electron chi connectivity index (χ3n) is 18.7. The van der Waals surface area contributed by atoms with E-state index in [2.05, 4.69) is 245 Å². The molecule has 0 saturated carbocycles. The molecule has 0 atom stereocenters. The molecular weight excluding hydrogens is 1190 g/mol. The van der Waals surface area contributed by atoms with Gasteiger partial charge >= 0.3 is 0 Å². The van der Waals surface area contributed by atoms with Gasteiger partial charge < -0.3 is 9.13 Å². The van der Waals surface area contributed by atoms with Gasteiger partial charge in [0.15, 0.2) is 23.2 Å². The van der Waals surface area contributed by atoms with Gasteiger partial charge in [0.05, 0.1) is 63.3 Å². The lowest BCUT2D eigenvalue weighted by molar-refractivity contribution is 1.07. The predicted octanol–water partition coefficient (Wildman–Crippen LogP) is 23.0. The van der Waals surface area contributed by atoms with Crippen LogP contribution in [0.2, 0.25) is 0 Å². The van der Waals surface area contributed by atoms with E-state index in [-0.39, 0.29) is 0 Å². The Balaban J connectivity index is 0.932. The number of nitriles is 2. The molecule has 0 N–H and O–H groups in total. The number of rotatable bonds is 12. The first-order chi connectivity index (χ1) is 48.4. The van der Waals surface area contributed by atoms with Crippen LogP contribution in [-0.4, -0.2) is 24.1 Å². The van der Waals surface area contributed by atoms with E-state index in [0.29, 0.717) is 34.3 Å². The summed E-state index contributed by atoms with van der Waals surface area (Å²) in [7, 11) is 0. The van der Waals surface area contributed by atoms with E-state index in [1.165, 1.54) is 0 Å². The molecular formula is C90H54N8. The fraction of sp³-hybridized carbons (Fsp3) is 0. The maximum absolute atomic E-state index is 10.6. The fourth-order valence-electron chi connectivity index (χ4n) is 14.0. The van der Waals surface area contributed by atoms with Gasteiger partial charge in [0.2, 0.25) is 0 Å². The Bertz CT molecular complexity index is 5630. The summed E-state index contributed by atoms with van der Waals surface area (Å²) in [6.45, 7) is 8.16. The van der Waals surface area contributed by atoms with Crippen molar-refractivity contribution in [2.45, 2.75) is 0 Å². The van der Waals surface area contributed by atoms with Crippen molar-refractivity contribution in [3.63, 3.8) is 0 Å². The van der Waals surface area contributed by atoms with E-state index in [1.807, 2.05) is 109 Å². The Morgan fingerprint density at radius 3 is 1.06 bits per heavy atom. The highest BCUT2D eigenvalue weighted by Crippen LogP contribution is 2.45. The molecule has 0 saturated heterocycles. The minimum atomic E-state index is 0.411. The van der Waals surface area contributed by atoms with Crippen molar-refractivity contribution < 1.29 is 0 Å². The molecule has 454 valence electrons. The van der Waals surface area contributed by atoms with Crippen molar-refractivity contribution in [1.82, 2.24) is 24.1 Å². The summed E-state index contributed by atoms with van der Waals surface area (Å²) in [4.78, 5) is 20.5. The van der Waals surface area contributed by atoms with E-state index in [0.717, 1.165) is 150 Å². The fourth-order valence-corrected chi connectivity index (χ4v) is 14.0. The van der Waals surface area contributed by atoms with E-state index in [1.54, 1.807) is 0 Å². The van der Waals surface area contributed by atoms with Gasteiger partial charge in [-0.1, -0.05) is 243 Å². The molecule has 0 spiro atoms. The second-order valence-corrected chi connectivity index (χ2v) is 24.4. The normalized spacial score (nSPS) is 11.2. The Morgan fingerprint density at radius 2 is 0.633 bits per heavy atom. The summed E-state index contributed by atoms with van der Waals surface area (Å²) in [5.41, 5.74) is 23.4. The van der Waals surface area contributed by atoms with Crippen molar-refractivity contribution in [2.24, 2.45) is 0 Å². The Kier molecular flexibility index (Phi) is 14.5. The Labute approximate surface area is 566 Å². The second kappa shape index (κ2) is 24.6. The summed E-state index contributed by atoms with van der Waals surface area (Å²) >= 11 is 0. The van der Waals surface area contributed by atoms with Gasteiger partial charge in [-0.2, -0.15) is 10.5 Å². The number of aromatic nitrogens is 5. The molecule has 0 unspecified atom stereocenters. The number of fused-ring (bicyclic) bond motifs is 6. The van der Waals surface area contributed by atoms with Crippen molar-refractivity contribution in [1.29, 1.82) is 10.5 Å². The zero-order valence-electron chi connectivity index (χ0n) is 52.8. The zero-order valence-corrected chi connectivity index (χ0v) is 52.8. The van der Waals surface area contributed by atoms with Crippen LogP contribution in [0.25, 0.3) is 172 Å². The van der Waals surface area contributed by atoms with Crippen LogP contribution in [-0.2, 0) is 0 Å². The van der Waals surface area contributed by atoms with Crippen LogP contribution in [0, 0.1) is 29.2 Å². The molecule has 98 heavy (non-hydrogen) atoms. The smallest absolute Gasteiger partial charge is 0.187 e. The highest BCUT2D eigenvalue weighted by atomic mass is 15.0. The molecule has 3 heterocycles. The maximum atomic E-state index is 10.6. The summed E-state index contributed by atoms with van der Waals surface area (Å²) in [6, 6.07) is 118. The van der Waals surface area contributed by atoms with Gasteiger partial charge in [-0.3, -0.25) is 0 Å². The number of benzene rings is 14. The largest absolute Gasteiger partial charge is 0.309 e. The summed E-state index contributed by atoms with van der Waals surface area (Å²) < 4.78 is 4.69. The SMILES string of the molecule is [C-]#[N+]c1cccc(-c2ccc(-c3nc(-c4ccc(-c5cccc(C#N)c5)c(-n5c6ccc(-c7ccccc7)cc6c6cc(-c7ccccc7)ccc65)c4)nc(-c4ccccc4-c4ccccc4C#N)n3)cc2-n2c3ccc(-c4ccccc4)cc3c3cc(-c4ccccc4)ccc32)c1. The molecule has 8 heteroatoms. The molecule has 0 aliphatic rings. The highest BCUT2D eigenvalue weighted by Gasteiger charge is 2.25. The standard InChI is InChI=1S/C90H54N8/c1-93-72-32-19-31-68(49-72)75-43-37-70(55-87(75)98-84-46-40-65(61-25-10-4-11-26-61)52-80(84)81-53-66(41-47-85(81)98)62-27-12-5-13-28-62)89-94-88(95-90(96-89)77-35-17-16-34-76(77)73-33-15-14-29-71(73)57-92)69-36-42-74(67-30-18-20-58(48-67)56-91)86(54-69)97-82-44-38-63(59-21-6-2-7-22-59)50-78(82)79-51-64(39-45-83(79)97)60-23-8-3-9-24-60/h2-55H. The molecule has 0 radical (unpaired) electrons. The third kappa shape index (κ3) is 10.4. The van der Waals surface area contributed by atoms with Gasteiger partial charge in [-0.05, 0) is 146 Å². The topological polar surface area (TPSA) is 100 Å². The number of hydrogen-bond acceptors (Lipinski definition) is 5. The van der Waals surface area contributed by atoms with Crippen LogP contribution in [0.1, 0.15) is 11.1 Å². The lowest BCUT2D eigenvalue weighted by Gasteiger charge is -2.18. The van der Waals surface area contributed by atoms with E-state index >= 15 is 0 Å². The van der Waals surface area contributed by atoms with Crippen LogP contribution >= 0.6 is 0 Å². The number of hydrogen-bond donors (Lipinski definition) is 0. The third-order valence-corrected chi connectivity index (χ3v) is 18.7. The molecule has 0 fully saturated rings. The van der Waals surface area contributed by atoms with Crippen LogP contribution in [0.15, 0.2) is 328 Å². The van der Waals surface area contributed by atoms with Gasteiger partial charge in [0, 0.05) is 54.9 Å². The van der Waals surface area contributed by atoms with Gasteiger partial charge in [0.25, 0.3) is 0 Å². The average molecular weight is 1250 g/mol. The summed E-state index contributed by atoms with van der Waals surface area (Å²) in [6.07, 6.45) is 0. The first-order valence-electron chi connectivity index (χ1n) is 32.4. The molecule has 17 aromatic rings. The van der Waals surface area contributed by atoms with Gasteiger partial charge in [-0.25, -0.2) is 19.8 Å². The molecule has 8 nitrogen and oxygen atoms in total. The first kappa shape index (κ1) is 58.0. The minimum absolute atomic E-state index is 0.411. The Hall–Kier alpha value is -13.8.